The maximum Gasteiger partial charge on any atom is 0.147 e. The Hall–Kier alpha value is -1.00. The van der Waals surface area contributed by atoms with Gasteiger partial charge in [-0.1, -0.05) is 18.1 Å². The zero-order valence-electron chi connectivity index (χ0n) is 6.73. The zero-order valence-corrected chi connectivity index (χ0v) is 7.73. The van der Waals surface area contributed by atoms with Gasteiger partial charge in [-0.25, -0.2) is 0 Å². The minimum atomic E-state index is 1.10. The summed E-state index contributed by atoms with van der Waals surface area (Å²) in [6, 6.07) is 6.14. The first kappa shape index (κ1) is 8.10. The quantitative estimate of drug-likeness (QED) is 0.398. The van der Waals surface area contributed by atoms with Crippen LogP contribution in [0, 0.1) is 25.3 Å². The van der Waals surface area contributed by atoms with Gasteiger partial charge in [-0.3, -0.25) is 0 Å². The van der Waals surface area contributed by atoms with E-state index in [0.717, 1.165) is 5.56 Å². The van der Waals surface area contributed by atoms with Crippen LogP contribution in [0.15, 0.2) is 18.2 Å². The topological polar surface area (TPSA) is 0 Å². The van der Waals surface area contributed by atoms with Crippen molar-refractivity contribution in [3.63, 3.8) is 0 Å². The SMILES string of the molecule is Cc1cccc(C#C[Si])c1C. The van der Waals surface area contributed by atoms with E-state index in [9.17, 15) is 0 Å². The van der Waals surface area contributed by atoms with E-state index in [1.165, 1.54) is 11.1 Å². The van der Waals surface area contributed by atoms with E-state index >= 15 is 0 Å². The lowest BCUT2D eigenvalue weighted by atomic mass is 10.0. The van der Waals surface area contributed by atoms with Crippen LogP contribution in [0.4, 0.5) is 0 Å². The molecule has 0 aliphatic rings. The standard InChI is InChI=1S/C10H9Si/c1-8-4-3-5-10(6-7-11)9(8)2/h3-5H,1-2H3. The summed E-state index contributed by atoms with van der Waals surface area (Å²) in [5, 5.41) is 0. The number of aryl methyl sites for hydroxylation is 1. The van der Waals surface area contributed by atoms with Gasteiger partial charge < -0.3 is 0 Å². The molecule has 0 bridgehead atoms. The van der Waals surface area contributed by atoms with Crippen molar-refractivity contribution in [1.29, 1.82) is 0 Å². The Labute approximate surface area is 71.1 Å². The van der Waals surface area contributed by atoms with Gasteiger partial charge in [0.15, 0.2) is 0 Å². The van der Waals surface area contributed by atoms with Gasteiger partial charge in [0, 0.05) is 5.56 Å². The average molecular weight is 157 g/mol. The van der Waals surface area contributed by atoms with Crippen molar-refractivity contribution < 1.29 is 0 Å². The second kappa shape index (κ2) is 3.41. The van der Waals surface area contributed by atoms with Crippen molar-refractivity contribution in [3.05, 3.63) is 34.9 Å². The molecule has 1 heteroatoms. The van der Waals surface area contributed by atoms with Crippen LogP contribution in [-0.2, 0) is 0 Å². The molecule has 1 aromatic rings. The second-order valence-corrected chi connectivity index (χ2v) is 2.75. The Morgan fingerprint density at radius 2 is 2.00 bits per heavy atom. The molecule has 1 aromatic carbocycles. The summed E-state index contributed by atoms with van der Waals surface area (Å²) in [6.45, 7) is 4.18. The summed E-state index contributed by atoms with van der Waals surface area (Å²) in [5.74, 6) is 2.98. The van der Waals surface area contributed by atoms with E-state index in [-0.39, 0.29) is 0 Å². The minimum absolute atomic E-state index is 1.10. The Kier molecular flexibility index (Phi) is 2.51. The van der Waals surface area contributed by atoms with Crippen LogP contribution >= 0.6 is 0 Å². The highest BCUT2D eigenvalue weighted by Crippen LogP contribution is 2.10. The molecule has 0 atom stereocenters. The van der Waals surface area contributed by atoms with Crippen LogP contribution < -0.4 is 0 Å². The molecule has 3 radical (unpaired) electrons. The smallest absolute Gasteiger partial charge is 0.133 e. The van der Waals surface area contributed by atoms with E-state index in [0.29, 0.717) is 0 Å². The van der Waals surface area contributed by atoms with Crippen molar-refractivity contribution in [2.45, 2.75) is 13.8 Å². The van der Waals surface area contributed by atoms with Gasteiger partial charge in [0.2, 0.25) is 0 Å². The van der Waals surface area contributed by atoms with Crippen molar-refractivity contribution in [2.24, 2.45) is 0 Å². The molecule has 0 heterocycles. The maximum atomic E-state index is 3.13. The molecule has 0 N–H and O–H groups in total. The van der Waals surface area contributed by atoms with E-state index in [4.69, 9.17) is 0 Å². The summed E-state index contributed by atoms with van der Waals surface area (Å²) in [6.07, 6.45) is 0. The lowest BCUT2D eigenvalue weighted by Gasteiger charge is -2.00. The third-order valence-corrected chi connectivity index (χ3v) is 1.93. The van der Waals surface area contributed by atoms with Crippen LogP contribution in [0.25, 0.3) is 0 Å². The lowest BCUT2D eigenvalue weighted by molar-refractivity contribution is 1.32. The van der Waals surface area contributed by atoms with Crippen molar-refractivity contribution in [2.75, 3.05) is 0 Å². The first-order valence-corrected chi connectivity index (χ1v) is 3.99. The maximum absolute atomic E-state index is 3.13. The van der Waals surface area contributed by atoms with Crippen LogP contribution in [0.3, 0.4) is 0 Å². The summed E-state index contributed by atoms with van der Waals surface area (Å²) in [4.78, 5) is 0. The number of hydrogen-bond acceptors (Lipinski definition) is 0. The average Bonchev–Trinajstić information content (AvgIpc) is 1.99. The molecule has 0 amide bonds. The predicted octanol–water partition coefficient (Wildman–Crippen LogP) is 1.78. The minimum Gasteiger partial charge on any atom is -0.133 e. The summed E-state index contributed by atoms with van der Waals surface area (Å²) in [5.41, 5.74) is 6.36. The van der Waals surface area contributed by atoms with Gasteiger partial charge in [-0.2, -0.15) is 0 Å². The van der Waals surface area contributed by atoms with Crippen LogP contribution in [0.2, 0.25) is 0 Å². The first-order chi connectivity index (χ1) is 5.25. The van der Waals surface area contributed by atoms with E-state index in [2.05, 4.69) is 41.6 Å². The van der Waals surface area contributed by atoms with Crippen molar-refractivity contribution in [3.8, 4) is 11.5 Å². The highest BCUT2D eigenvalue weighted by Gasteiger charge is 1.94. The molecule has 1 rings (SSSR count). The third-order valence-electron chi connectivity index (χ3n) is 1.80. The molecule has 0 aliphatic heterocycles. The zero-order chi connectivity index (χ0) is 8.27. The van der Waals surface area contributed by atoms with Gasteiger partial charge >= 0.3 is 0 Å². The van der Waals surface area contributed by atoms with Crippen LogP contribution in [-0.4, -0.2) is 10.2 Å². The van der Waals surface area contributed by atoms with Gasteiger partial charge in [0.1, 0.15) is 10.2 Å². The summed E-state index contributed by atoms with van der Waals surface area (Å²) in [7, 11) is 3.13. The molecule has 53 valence electrons. The molecule has 0 saturated heterocycles. The predicted molar refractivity (Wildman–Crippen MR) is 48.5 cm³/mol. The molecule has 11 heavy (non-hydrogen) atoms. The van der Waals surface area contributed by atoms with Crippen molar-refractivity contribution >= 4 is 10.2 Å². The summed E-state index contributed by atoms with van der Waals surface area (Å²) >= 11 is 0. The Bertz CT molecular complexity index is 315. The van der Waals surface area contributed by atoms with Crippen LogP contribution in [0.1, 0.15) is 16.7 Å². The summed E-state index contributed by atoms with van der Waals surface area (Å²) < 4.78 is 0. The van der Waals surface area contributed by atoms with Gasteiger partial charge in [-0.15, -0.1) is 5.54 Å². The van der Waals surface area contributed by atoms with Gasteiger partial charge in [-0.05, 0) is 31.0 Å². The number of rotatable bonds is 0. The normalized spacial score (nSPS) is 8.64. The first-order valence-electron chi connectivity index (χ1n) is 3.49. The molecule has 0 aromatic heterocycles. The van der Waals surface area contributed by atoms with Gasteiger partial charge in [0.05, 0.1) is 0 Å². The second-order valence-electron chi connectivity index (χ2n) is 2.50. The lowest BCUT2D eigenvalue weighted by Crippen LogP contribution is -1.85. The molecule has 0 aliphatic carbocycles. The third kappa shape index (κ3) is 1.72. The molecule has 0 nitrogen and oxygen atoms in total. The van der Waals surface area contributed by atoms with E-state index < -0.39 is 0 Å². The highest BCUT2D eigenvalue weighted by molar-refractivity contribution is 6.22. The van der Waals surface area contributed by atoms with Crippen molar-refractivity contribution in [1.82, 2.24) is 0 Å². The van der Waals surface area contributed by atoms with Crippen LogP contribution in [0.5, 0.6) is 0 Å². The largest absolute Gasteiger partial charge is 0.147 e. The highest BCUT2D eigenvalue weighted by atomic mass is 28.1. The molecule has 0 fully saturated rings. The fourth-order valence-electron chi connectivity index (χ4n) is 0.954. The fourth-order valence-corrected chi connectivity index (χ4v) is 1.09. The number of hydrogen-bond donors (Lipinski definition) is 0. The molecular weight excluding hydrogens is 148 g/mol. The monoisotopic (exact) mass is 157 g/mol. The van der Waals surface area contributed by atoms with E-state index in [1.54, 1.807) is 0 Å². The molecule has 0 unspecified atom stereocenters. The molecule has 0 spiro atoms. The number of benzene rings is 1. The Balaban J connectivity index is 3.23. The Morgan fingerprint density at radius 3 is 2.64 bits per heavy atom. The fraction of sp³-hybridized carbons (Fsp3) is 0.200. The Morgan fingerprint density at radius 1 is 1.27 bits per heavy atom. The van der Waals surface area contributed by atoms with E-state index in [1.807, 2.05) is 12.1 Å². The molecular formula is C10H9Si. The van der Waals surface area contributed by atoms with Gasteiger partial charge in [0.25, 0.3) is 0 Å². The molecule has 0 saturated carbocycles.